The van der Waals surface area contributed by atoms with Gasteiger partial charge in [-0.05, 0) is 90.0 Å². The molecule has 0 saturated heterocycles. The summed E-state index contributed by atoms with van der Waals surface area (Å²) in [4.78, 5) is 2.45. The lowest BCUT2D eigenvalue weighted by Crippen LogP contribution is -2.10. The molecule has 0 saturated carbocycles. The largest absolute Gasteiger partial charge is 0.310 e. The summed E-state index contributed by atoms with van der Waals surface area (Å²) in [5.74, 6) is 0. The van der Waals surface area contributed by atoms with Crippen LogP contribution in [-0.2, 0) is 0 Å². The maximum atomic E-state index is 2.45. The summed E-state index contributed by atoms with van der Waals surface area (Å²) in [5.41, 5.74) is 9.45. The Balaban J connectivity index is 1.11. The van der Waals surface area contributed by atoms with E-state index in [-0.39, 0.29) is 0 Å². The van der Waals surface area contributed by atoms with E-state index in [1.807, 2.05) is 22.7 Å². The van der Waals surface area contributed by atoms with Crippen LogP contribution in [0.4, 0.5) is 17.1 Å². The van der Waals surface area contributed by atoms with Gasteiger partial charge in [0, 0.05) is 68.2 Å². The Morgan fingerprint density at radius 1 is 0.365 bits per heavy atom. The summed E-state index contributed by atoms with van der Waals surface area (Å²) in [6.45, 7) is 0. The van der Waals surface area contributed by atoms with E-state index in [1.165, 1.54) is 79.0 Å². The number of para-hydroxylation sites is 2. The molecule has 0 spiro atoms. The molecule has 3 aromatic heterocycles. The molecule has 3 heterocycles. The van der Waals surface area contributed by atoms with Crippen molar-refractivity contribution < 1.29 is 0 Å². The van der Waals surface area contributed by atoms with E-state index in [1.54, 1.807) is 0 Å². The van der Waals surface area contributed by atoms with Gasteiger partial charge in [-0.25, -0.2) is 0 Å². The lowest BCUT2D eigenvalue weighted by molar-refractivity contribution is 1.18. The Kier molecular flexibility index (Phi) is 6.63. The summed E-state index contributed by atoms with van der Waals surface area (Å²) in [6, 6.07) is 66.7. The predicted octanol–water partition coefficient (Wildman–Crippen LogP) is 14.7. The van der Waals surface area contributed by atoms with Gasteiger partial charge in [0.05, 0.1) is 16.7 Å². The Morgan fingerprint density at radius 2 is 0.981 bits per heavy atom. The van der Waals surface area contributed by atoms with Crippen LogP contribution in [0.5, 0.6) is 0 Å². The van der Waals surface area contributed by atoms with Crippen molar-refractivity contribution in [1.29, 1.82) is 0 Å². The van der Waals surface area contributed by atoms with Crippen LogP contribution < -0.4 is 4.90 Å². The molecule has 4 heteroatoms. The number of thiophene rings is 2. The average molecular weight is 699 g/mol. The second-order valence-electron chi connectivity index (χ2n) is 13.3. The van der Waals surface area contributed by atoms with Crippen LogP contribution >= 0.6 is 22.7 Å². The molecule has 244 valence electrons. The molecule has 0 N–H and O–H groups in total. The second-order valence-corrected chi connectivity index (χ2v) is 15.5. The molecular formula is C48H30N2S2. The number of benzene rings is 8. The summed E-state index contributed by atoms with van der Waals surface area (Å²) < 4.78 is 7.63. The first kappa shape index (κ1) is 29.5. The average Bonchev–Trinajstić information content (AvgIpc) is 3.88. The zero-order valence-electron chi connectivity index (χ0n) is 28.0. The normalized spacial score (nSPS) is 11.8. The smallest absolute Gasteiger partial charge is 0.0554 e. The molecule has 11 aromatic rings. The summed E-state index contributed by atoms with van der Waals surface area (Å²) in [5, 5.41) is 7.71. The van der Waals surface area contributed by atoms with Gasteiger partial charge in [0.25, 0.3) is 0 Å². The summed E-state index contributed by atoms with van der Waals surface area (Å²) in [6.07, 6.45) is 0. The monoisotopic (exact) mass is 698 g/mol. The lowest BCUT2D eigenvalue weighted by atomic mass is 10.0. The molecule has 0 unspecified atom stereocenters. The van der Waals surface area contributed by atoms with Gasteiger partial charge < -0.3 is 9.47 Å². The van der Waals surface area contributed by atoms with Crippen LogP contribution in [-0.4, -0.2) is 4.57 Å². The predicted molar refractivity (Wildman–Crippen MR) is 227 cm³/mol. The molecule has 0 amide bonds. The van der Waals surface area contributed by atoms with E-state index in [0.29, 0.717) is 0 Å². The maximum Gasteiger partial charge on any atom is 0.0554 e. The number of nitrogens with zero attached hydrogens (tertiary/aromatic N) is 2. The van der Waals surface area contributed by atoms with Crippen LogP contribution in [0.1, 0.15) is 0 Å². The highest BCUT2D eigenvalue weighted by atomic mass is 32.1. The van der Waals surface area contributed by atoms with Crippen molar-refractivity contribution in [2.24, 2.45) is 0 Å². The van der Waals surface area contributed by atoms with Crippen molar-refractivity contribution in [2.45, 2.75) is 0 Å². The fourth-order valence-electron chi connectivity index (χ4n) is 8.03. The molecule has 0 aliphatic carbocycles. The van der Waals surface area contributed by atoms with Crippen molar-refractivity contribution in [3.63, 3.8) is 0 Å². The van der Waals surface area contributed by atoms with E-state index in [0.717, 1.165) is 17.1 Å². The fraction of sp³-hybridized carbons (Fsp3) is 0. The van der Waals surface area contributed by atoms with Crippen LogP contribution in [0.15, 0.2) is 182 Å². The fourth-order valence-corrected chi connectivity index (χ4v) is 10.3. The quantitative estimate of drug-likeness (QED) is 0.174. The van der Waals surface area contributed by atoms with Crippen molar-refractivity contribution >= 4 is 102 Å². The molecule has 2 nitrogen and oxygen atoms in total. The van der Waals surface area contributed by atoms with Crippen molar-refractivity contribution in [2.75, 3.05) is 4.90 Å². The molecule has 0 atom stereocenters. The lowest BCUT2D eigenvalue weighted by Gasteiger charge is -2.27. The molecule has 8 aromatic carbocycles. The maximum absolute atomic E-state index is 2.45. The minimum absolute atomic E-state index is 1.13. The number of hydrogen-bond acceptors (Lipinski definition) is 3. The zero-order valence-corrected chi connectivity index (χ0v) is 29.7. The molecular weight excluding hydrogens is 669 g/mol. The number of anilines is 3. The van der Waals surface area contributed by atoms with E-state index >= 15 is 0 Å². The Bertz CT molecular complexity index is 3130. The standard InChI is InChI=1S/C48H30N2S2/c1-2-11-33(12-3-1)50-41-16-7-4-13-36(41)40-30-35(26-28-42(40)50)49(43-17-10-20-46-48(43)39-15-6-9-19-45(39)51-46)34-24-21-31(22-25-34)32-23-27-38-37-14-5-8-18-44(37)52-47(38)29-32/h1-30H. The van der Waals surface area contributed by atoms with Gasteiger partial charge in [-0.1, -0.05) is 103 Å². The molecule has 52 heavy (non-hydrogen) atoms. The van der Waals surface area contributed by atoms with Crippen molar-refractivity contribution in [1.82, 2.24) is 4.57 Å². The van der Waals surface area contributed by atoms with E-state index in [2.05, 4.69) is 191 Å². The topological polar surface area (TPSA) is 8.17 Å². The van der Waals surface area contributed by atoms with Gasteiger partial charge in [-0.15, -0.1) is 22.7 Å². The van der Waals surface area contributed by atoms with E-state index in [4.69, 9.17) is 0 Å². The molecule has 0 aliphatic heterocycles. The zero-order chi connectivity index (χ0) is 34.2. The number of rotatable bonds is 5. The van der Waals surface area contributed by atoms with Crippen LogP contribution in [0.25, 0.3) is 79.0 Å². The third kappa shape index (κ3) is 4.55. The number of fused-ring (bicyclic) bond motifs is 9. The van der Waals surface area contributed by atoms with Crippen LogP contribution in [0.3, 0.4) is 0 Å². The highest BCUT2D eigenvalue weighted by molar-refractivity contribution is 7.26. The molecule has 0 radical (unpaired) electrons. The molecule has 11 rings (SSSR count). The minimum Gasteiger partial charge on any atom is -0.310 e. The molecule has 0 bridgehead atoms. The first-order valence-corrected chi connectivity index (χ1v) is 19.2. The van der Waals surface area contributed by atoms with E-state index < -0.39 is 0 Å². The molecule has 0 aliphatic rings. The van der Waals surface area contributed by atoms with Gasteiger partial charge in [0.2, 0.25) is 0 Å². The van der Waals surface area contributed by atoms with Gasteiger partial charge in [0.15, 0.2) is 0 Å². The third-order valence-electron chi connectivity index (χ3n) is 10.4. The SMILES string of the molecule is c1ccc(-n2c3ccccc3c3cc(N(c4ccc(-c5ccc6c(c5)sc5ccccc56)cc4)c4cccc5sc6ccccc6c45)ccc32)cc1. The third-order valence-corrected chi connectivity index (χ3v) is 12.7. The second kappa shape index (κ2) is 11.7. The van der Waals surface area contributed by atoms with Gasteiger partial charge in [-0.3, -0.25) is 0 Å². The highest BCUT2D eigenvalue weighted by Crippen LogP contribution is 2.46. The first-order chi connectivity index (χ1) is 25.8. The first-order valence-electron chi connectivity index (χ1n) is 17.6. The van der Waals surface area contributed by atoms with E-state index in [9.17, 15) is 0 Å². The summed E-state index contributed by atoms with van der Waals surface area (Å²) in [7, 11) is 0. The van der Waals surface area contributed by atoms with Crippen molar-refractivity contribution in [3.8, 4) is 16.8 Å². The molecule has 0 fully saturated rings. The van der Waals surface area contributed by atoms with Gasteiger partial charge in [0.1, 0.15) is 0 Å². The minimum atomic E-state index is 1.13. The van der Waals surface area contributed by atoms with Crippen LogP contribution in [0.2, 0.25) is 0 Å². The summed E-state index contributed by atoms with van der Waals surface area (Å²) >= 11 is 3.73. The number of aromatic nitrogens is 1. The highest BCUT2D eigenvalue weighted by Gasteiger charge is 2.21. The Hall–Kier alpha value is -6.20. The Labute approximate surface area is 308 Å². The number of hydrogen-bond donors (Lipinski definition) is 0. The Morgan fingerprint density at radius 3 is 1.83 bits per heavy atom. The van der Waals surface area contributed by atoms with Crippen molar-refractivity contribution in [3.05, 3.63) is 182 Å². The van der Waals surface area contributed by atoms with Crippen LogP contribution in [0, 0.1) is 0 Å². The van der Waals surface area contributed by atoms with Gasteiger partial charge in [-0.2, -0.15) is 0 Å². The van der Waals surface area contributed by atoms with Gasteiger partial charge >= 0.3 is 0 Å².